The van der Waals surface area contributed by atoms with Gasteiger partial charge in [-0.05, 0) is 41.7 Å². The normalized spacial score (nSPS) is 11.8. The smallest absolute Gasteiger partial charge is 0.277 e. The van der Waals surface area contributed by atoms with E-state index in [0.29, 0.717) is 11.7 Å². The molecule has 0 spiro atoms. The van der Waals surface area contributed by atoms with Crippen LogP contribution in [0.3, 0.4) is 0 Å². The average molecular weight is 336 g/mol. The molecule has 0 radical (unpaired) electrons. The van der Waals surface area contributed by atoms with Crippen molar-refractivity contribution in [2.24, 2.45) is 5.10 Å². The van der Waals surface area contributed by atoms with Crippen LogP contribution in [0.4, 0.5) is 0 Å². The van der Waals surface area contributed by atoms with Crippen molar-refractivity contribution in [3.63, 3.8) is 0 Å². The minimum atomic E-state index is -0.295. The Hall–Kier alpha value is -2.88. The fourth-order valence-corrected chi connectivity index (χ4v) is 2.19. The number of carbonyl (C=O) groups excluding carboxylic acids is 1. The van der Waals surface area contributed by atoms with Gasteiger partial charge in [-0.25, -0.2) is 5.43 Å². The molecule has 0 saturated carbocycles. The minimum Gasteiger partial charge on any atom is -0.484 e. The Kier molecular flexibility index (Phi) is 6.96. The molecule has 0 aliphatic heterocycles. The molecule has 0 unspecified atom stereocenters. The highest BCUT2D eigenvalue weighted by atomic mass is 16.5. The van der Waals surface area contributed by atoms with Gasteiger partial charge in [0.15, 0.2) is 6.61 Å². The summed E-state index contributed by atoms with van der Waals surface area (Å²) < 4.78 is 5.46. The Balaban J connectivity index is 1.77. The van der Waals surface area contributed by atoms with Crippen LogP contribution in [0.5, 0.6) is 5.75 Å². The van der Waals surface area contributed by atoms with Crippen molar-refractivity contribution in [1.82, 2.24) is 5.43 Å². The maximum absolute atomic E-state index is 11.8. The molecule has 2 rings (SSSR count). The van der Waals surface area contributed by atoms with Crippen molar-refractivity contribution in [1.29, 1.82) is 0 Å². The summed E-state index contributed by atoms with van der Waals surface area (Å²) in [5.74, 6) is 0.847. The summed E-state index contributed by atoms with van der Waals surface area (Å²) >= 11 is 0. The lowest BCUT2D eigenvalue weighted by Gasteiger charge is -2.08. The molecular weight excluding hydrogens is 312 g/mol. The number of hydrazone groups is 1. The van der Waals surface area contributed by atoms with Gasteiger partial charge in [0.1, 0.15) is 5.75 Å². The SMILES string of the molecule is CC(=C/c1ccccc1)/C=N/NC(=O)COc1ccc(C(C)C)cc1. The summed E-state index contributed by atoms with van der Waals surface area (Å²) in [5.41, 5.74) is 5.73. The Morgan fingerprint density at radius 2 is 1.80 bits per heavy atom. The molecule has 0 atom stereocenters. The van der Waals surface area contributed by atoms with Crippen molar-refractivity contribution in [2.75, 3.05) is 6.61 Å². The van der Waals surface area contributed by atoms with Gasteiger partial charge in [0.25, 0.3) is 5.91 Å². The van der Waals surface area contributed by atoms with Gasteiger partial charge in [-0.2, -0.15) is 5.10 Å². The zero-order chi connectivity index (χ0) is 18.1. The van der Waals surface area contributed by atoms with Crippen LogP contribution in [-0.4, -0.2) is 18.7 Å². The van der Waals surface area contributed by atoms with Gasteiger partial charge in [-0.3, -0.25) is 4.79 Å². The van der Waals surface area contributed by atoms with Crippen LogP contribution in [0.2, 0.25) is 0 Å². The third kappa shape index (κ3) is 6.63. The van der Waals surface area contributed by atoms with E-state index >= 15 is 0 Å². The van der Waals surface area contributed by atoms with Crippen molar-refractivity contribution in [3.05, 3.63) is 71.3 Å². The first-order valence-electron chi connectivity index (χ1n) is 8.32. The molecule has 4 nitrogen and oxygen atoms in total. The molecule has 130 valence electrons. The second kappa shape index (κ2) is 9.42. The Morgan fingerprint density at radius 1 is 1.12 bits per heavy atom. The minimum absolute atomic E-state index is 0.0696. The molecule has 1 amide bonds. The van der Waals surface area contributed by atoms with E-state index in [0.717, 1.165) is 11.1 Å². The van der Waals surface area contributed by atoms with Crippen molar-refractivity contribution in [3.8, 4) is 5.75 Å². The van der Waals surface area contributed by atoms with Crippen LogP contribution in [0.1, 0.15) is 37.8 Å². The van der Waals surface area contributed by atoms with Gasteiger partial charge >= 0.3 is 0 Å². The van der Waals surface area contributed by atoms with Gasteiger partial charge in [-0.15, -0.1) is 0 Å². The van der Waals surface area contributed by atoms with E-state index < -0.39 is 0 Å². The molecule has 0 aliphatic rings. The van der Waals surface area contributed by atoms with E-state index in [1.54, 1.807) is 6.21 Å². The lowest BCUT2D eigenvalue weighted by atomic mass is 10.0. The molecule has 2 aromatic rings. The van der Waals surface area contributed by atoms with Crippen molar-refractivity contribution < 1.29 is 9.53 Å². The largest absolute Gasteiger partial charge is 0.484 e. The summed E-state index contributed by atoms with van der Waals surface area (Å²) in [7, 11) is 0. The molecule has 0 heterocycles. The summed E-state index contributed by atoms with van der Waals surface area (Å²) in [6.07, 6.45) is 3.60. The third-order valence-electron chi connectivity index (χ3n) is 3.57. The van der Waals surface area contributed by atoms with Gasteiger partial charge in [0.05, 0.1) is 6.21 Å². The quantitative estimate of drug-likeness (QED) is 0.602. The van der Waals surface area contributed by atoms with E-state index in [1.807, 2.05) is 67.6 Å². The van der Waals surface area contributed by atoms with Crippen LogP contribution in [0.25, 0.3) is 6.08 Å². The van der Waals surface area contributed by atoms with E-state index in [-0.39, 0.29) is 12.5 Å². The van der Waals surface area contributed by atoms with E-state index in [1.165, 1.54) is 5.56 Å². The molecular formula is C21H24N2O2. The third-order valence-corrected chi connectivity index (χ3v) is 3.57. The second-order valence-electron chi connectivity index (χ2n) is 6.10. The first-order valence-corrected chi connectivity index (χ1v) is 8.32. The van der Waals surface area contributed by atoms with Gasteiger partial charge in [0.2, 0.25) is 0 Å². The number of carbonyl (C=O) groups is 1. The number of allylic oxidation sites excluding steroid dienone is 1. The van der Waals surface area contributed by atoms with Crippen molar-refractivity contribution in [2.45, 2.75) is 26.7 Å². The molecule has 0 fully saturated rings. The van der Waals surface area contributed by atoms with E-state index in [4.69, 9.17) is 4.74 Å². The molecule has 1 N–H and O–H groups in total. The average Bonchev–Trinajstić information content (AvgIpc) is 2.61. The number of rotatable bonds is 7. The predicted molar refractivity (Wildman–Crippen MR) is 103 cm³/mol. The second-order valence-corrected chi connectivity index (χ2v) is 6.10. The number of nitrogens with one attached hydrogen (secondary N) is 1. The number of hydrogen-bond acceptors (Lipinski definition) is 3. The fraction of sp³-hybridized carbons (Fsp3) is 0.238. The topological polar surface area (TPSA) is 50.7 Å². The van der Waals surface area contributed by atoms with Crippen molar-refractivity contribution >= 4 is 18.2 Å². The van der Waals surface area contributed by atoms with E-state index in [9.17, 15) is 4.79 Å². The standard InChI is InChI=1S/C21H24N2O2/c1-16(2)19-9-11-20(12-10-19)25-15-21(24)23-22-14-17(3)13-18-7-5-4-6-8-18/h4-14,16H,15H2,1-3H3,(H,23,24)/b17-13-,22-14+. The van der Waals surface area contributed by atoms with E-state index in [2.05, 4.69) is 24.4 Å². The molecule has 2 aromatic carbocycles. The highest BCUT2D eigenvalue weighted by Gasteiger charge is 2.03. The lowest BCUT2D eigenvalue weighted by molar-refractivity contribution is -0.123. The Morgan fingerprint density at radius 3 is 2.44 bits per heavy atom. The van der Waals surface area contributed by atoms with Crippen LogP contribution >= 0.6 is 0 Å². The van der Waals surface area contributed by atoms with Crippen LogP contribution in [0, 0.1) is 0 Å². The van der Waals surface area contributed by atoms with Crippen LogP contribution in [-0.2, 0) is 4.79 Å². The predicted octanol–water partition coefficient (Wildman–Crippen LogP) is 4.39. The van der Waals surface area contributed by atoms with Gasteiger partial charge in [0, 0.05) is 0 Å². The number of hydrogen-bond donors (Lipinski definition) is 1. The molecule has 0 aliphatic carbocycles. The number of amides is 1. The summed E-state index contributed by atoms with van der Waals surface area (Å²) in [4.78, 5) is 11.8. The number of benzene rings is 2. The Labute approximate surface area is 149 Å². The molecule has 0 bridgehead atoms. The maximum Gasteiger partial charge on any atom is 0.277 e. The number of nitrogens with zero attached hydrogens (tertiary/aromatic N) is 1. The summed E-state index contributed by atoms with van der Waals surface area (Å²) in [6, 6.07) is 17.7. The lowest BCUT2D eigenvalue weighted by Crippen LogP contribution is -2.24. The molecule has 4 heteroatoms. The summed E-state index contributed by atoms with van der Waals surface area (Å²) in [5, 5.41) is 3.94. The van der Waals surface area contributed by atoms with Crippen LogP contribution in [0.15, 0.2) is 65.3 Å². The first-order chi connectivity index (χ1) is 12.0. The fourth-order valence-electron chi connectivity index (χ4n) is 2.19. The van der Waals surface area contributed by atoms with Gasteiger partial charge in [-0.1, -0.05) is 62.4 Å². The highest BCUT2D eigenvalue weighted by Crippen LogP contribution is 2.18. The first kappa shape index (κ1) is 18.5. The van der Waals surface area contributed by atoms with Crippen LogP contribution < -0.4 is 10.2 Å². The maximum atomic E-state index is 11.8. The zero-order valence-corrected chi connectivity index (χ0v) is 14.9. The molecule has 25 heavy (non-hydrogen) atoms. The van der Waals surface area contributed by atoms with Gasteiger partial charge < -0.3 is 4.74 Å². The monoisotopic (exact) mass is 336 g/mol. The Bertz CT molecular complexity index is 732. The molecule has 0 saturated heterocycles. The zero-order valence-electron chi connectivity index (χ0n) is 14.9. The summed E-state index contributed by atoms with van der Waals surface area (Å²) in [6.45, 7) is 6.13. The highest BCUT2D eigenvalue weighted by molar-refractivity contribution is 5.86. The number of ether oxygens (including phenoxy) is 1. The molecule has 0 aromatic heterocycles.